The average Bonchev–Trinajstić information content (AvgIpc) is 3.25. The van der Waals surface area contributed by atoms with Gasteiger partial charge < -0.3 is 30.3 Å². The normalized spacial score (nSPS) is 17.2. The Balaban J connectivity index is 1.37. The Bertz CT molecular complexity index is 1240. The number of carbonyl (C=O) groups excluding carboxylic acids is 1. The number of hydrogen-bond acceptors (Lipinski definition) is 5. The van der Waals surface area contributed by atoms with Crippen LogP contribution >= 0.6 is 0 Å². The summed E-state index contributed by atoms with van der Waals surface area (Å²) in [6.07, 6.45) is 1.32. The Morgan fingerprint density at radius 1 is 1.03 bits per heavy atom. The van der Waals surface area contributed by atoms with Crippen molar-refractivity contribution in [3.63, 3.8) is 0 Å². The Hall–Kier alpha value is -4.04. The lowest BCUT2D eigenvalue weighted by Gasteiger charge is -2.44. The molecule has 2 saturated heterocycles. The van der Waals surface area contributed by atoms with Gasteiger partial charge in [0.15, 0.2) is 5.96 Å². The second-order valence-corrected chi connectivity index (χ2v) is 9.37. The highest BCUT2D eigenvalue weighted by atomic mass is 16.5. The molecule has 0 saturated carbocycles. The summed E-state index contributed by atoms with van der Waals surface area (Å²) in [5.41, 5.74) is 3.11. The molecular formula is C29H33N5O3. The second kappa shape index (κ2) is 10.9. The summed E-state index contributed by atoms with van der Waals surface area (Å²) >= 11 is 0. The molecule has 3 aromatic carbocycles. The molecule has 8 nitrogen and oxygen atoms in total. The third kappa shape index (κ3) is 5.11. The van der Waals surface area contributed by atoms with E-state index in [1.54, 1.807) is 13.2 Å². The van der Waals surface area contributed by atoms with Crippen molar-refractivity contribution >= 4 is 23.2 Å². The zero-order valence-corrected chi connectivity index (χ0v) is 21.1. The van der Waals surface area contributed by atoms with Crippen LogP contribution in [0.4, 0.5) is 11.4 Å². The van der Waals surface area contributed by atoms with Crippen LogP contribution in [-0.2, 0) is 9.53 Å². The summed E-state index contributed by atoms with van der Waals surface area (Å²) in [6.45, 7) is 2.78. The average molecular weight is 500 g/mol. The number of methoxy groups -OCH3 is 1. The van der Waals surface area contributed by atoms with Crippen LogP contribution in [0.3, 0.4) is 0 Å². The highest BCUT2D eigenvalue weighted by Gasteiger charge is 2.50. The van der Waals surface area contributed by atoms with Crippen LogP contribution in [0.2, 0.25) is 0 Å². The van der Waals surface area contributed by atoms with Crippen molar-refractivity contribution in [2.24, 2.45) is 4.99 Å². The van der Waals surface area contributed by atoms with Crippen molar-refractivity contribution in [2.45, 2.75) is 18.4 Å². The van der Waals surface area contributed by atoms with Gasteiger partial charge in [-0.1, -0.05) is 54.6 Å². The van der Waals surface area contributed by atoms with Crippen LogP contribution in [0.5, 0.6) is 5.75 Å². The number of likely N-dealkylation sites (tertiary alicyclic amines) is 1. The van der Waals surface area contributed by atoms with Gasteiger partial charge in [-0.15, -0.1) is 0 Å². The summed E-state index contributed by atoms with van der Waals surface area (Å²) in [4.78, 5) is 22.2. The highest BCUT2D eigenvalue weighted by Crippen LogP contribution is 2.37. The number of rotatable bonds is 6. The van der Waals surface area contributed by atoms with Gasteiger partial charge in [-0.2, -0.15) is 0 Å². The third-order valence-corrected chi connectivity index (χ3v) is 7.20. The lowest BCUT2D eigenvalue weighted by Crippen LogP contribution is -2.58. The van der Waals surface area contributed by atoms with Crippen LogP contribution in [0.25, 0.3) is 11.1 Å². The van der Waals surface area contributed by atoms with Gasteiger partial charge in [0.1, 0.15) is 11.3 Å². The number of hydrogen-bond donors (Lipinski definition) is 3. The standard InChI is InChI=1S/C29H33N5O3/c1-37-19-16-30-28(32-25-20-23(12-13-26(25)35)22-8-4-2-5-9-22)33-17-14-29(15-18-33)27(36)31-21-34(29)24-10-6-3-7-11-24/h2-13,20,35H,14-19,21H2,1H3,(H,30,32)(H,31,36). The van der Waals surface area contributed by atoms with E-state index in [0.717, 1.165) is 16.8 Å². The van der Waals surface area contributed by atoms with E-state index in [9.17, 15) is 9.90 Å². The molecule has 3 N–H and O–H groups in total. The van der Waals surface area contributed by atoms with Gasteiger partial charge in [0.25, 0.3) is 0 Å². The molecule has 5 rings (SSSR count). The number of carbonyl (C=O) groups is 1. The van der Waals surface area contributed by atoms with Crippen molar-refractivity contribution < 1.29 is 14.6 Å². The van der Waals surface area contributed by atoms with Crippen LogP contribution in [0, 0.1) is 0 Å². The maximum absolute atomic E-state index is 13.1. The molecule has 0 unspecified atom stereocenters. The molecule has 0 atom stereocenters. The van der Waals surface area contributed by atoms with E-state index in [0.29, 0.717) is 57.4 Å². The van der Waals surface area contributed by atoms with Crippen molar-refractivity contribution in [1.29, 1.82) is 0 Å². The number of phenols is 1. The SMILES string of the molecule is COCCN=C(Nc1cc(-c2ccccc2)ccc1O)N1CCC2(CC1)C(=O)NCN2c1ccccc1. The lowest BCUT2D eigenvalue weighted by atomic mass is 9.85. The fourth-order valence-electron chi connectivity index (χ4n) is 5.15. The molecule has 8 heteroatoms. The summed E-state index contributed by atoms with van der Waals surface area (Å²) in [7, 11) is 1.65. The fourth-order valence-corrected chi connectivity index (χ4v) is 5.15. The quantitative estimate of drug-likeness (QED) is 0.206. The first kappa shape index (κ1) is 24.6. The highest BCUT2D eigenvalue weighted by molar-refractivity contribution is 5.97. The third-order valence-electron chi connectivity index (χ3n) is 7.20. The van der Waals surface area contributed by atoms with E-state index in [1.165, 1.54) is 0 Å². The molecule has 3 aromatic rings. The number of aromatic hydroxyl groups is 1. The van der Waals surface area contributed by atoms with Crippen molar-refractivity contribution in [3.05, 3.63) is 78.9 Å². The zero-order chi connectivity index (χ0) is 25.7. The molecule has 2 aliphatic heterocycles. The number of amides is 1. The molecule has 0 aromatic heterocycles. The molecule has 37 heavy (non-hydrogen) atoms. The second-order valence-electron chi connectivity index (χ2n) is 9.37. The topological polar surface area (TPSA) is 89.4 Å². The van der Waals surface area contributed by atoms with Gasteiger partial charge in [-0.25, -0.2) is 0 Å². The summed E-state index contributed by atoms with van der Waals surface area (Å²) in [5, 5.41) is 17.1. The smallest absolute Gasteiger partial charge is 0.247 e. The molecule has 1 amide bonds. The van der Waals surface area contributed by atoms with E-state index >= 15 is 0 Å². The minimum Gasteiger partial charge on any atom is -0.506 e. The van der Waals surface area contributed by atoms with Gasteiger partial charge in [-0.05, 0) is 48.2 Å². The van der Waals surface area contributed by atoms with Crippen molar-refractivity contribution in [2.75, 3.05) is 50.2 Å². The summed E-state index contributed by atoms with van der Waals surface area (Å²) < 4.78 is 5.22. The predicted molar refractivity (Wildman–Crippen MR) is 147 cm³/mol. The number of phenolic OH excluding ortho intramolecular Hbond substituents is 1. The van der Waals surface area contributed by atoms with Crippen LogP contribution in [0.1, 0.15) is 12.8 Å². The lowest BCUT2D eigenvalue weighted by molar-refractivity contribution is -0.124. The number of para-hydroxylation sites is 1. The molecule has 1 spiro atoms. The van der Waals surface area contributed by atoms with Gasteiger partial charge in [0.05, 0.1) is 25.5 Å². The predicted octanol–water partition coefficient (Wildman–Crippen LogP) is 3.90. The maximum Gasteiger partial charge on any atom is 0.247 e. The number of nitrogens with zero attached hydrogens (tertiary/aromatic N) is 3. The molecule has 2 aliphatic rings. The van der Waals surface area contributed by atoms with Crippen LogP contribution < -0.4 is 15.5 Å². The number of aliphatic imine (C=N–C) groups is 1. The van der Waals surface area contributed by atoms with Crippen LogP contribution in [-0.4, -0.2) is 67.4 Å². The number of guanidine groups is 1. The minimum atomic E-state index is -0.579. The monoisotopic (exact) mass is 499 g/mol. The van der Waals surface area contributed by atoms with E-state index in [1.807, 2.05) is 60.7 Å². The molecule has 0 radical (unpaired) electrons. The maximum atomic E-state index is 13.1. The molecule has 2 heterocycles. The van der Waals surface area contributed by atoms with E-state index in [4.69, 9.17) is 9.73 Å². The molecule has 2 fully saturated rings. The largest absolute Gasteiger partial charge is 0.506 e. The Morgan fingerprint density at radius 2 is 1.73 bits per heavy atom. The van der Waals surface area contributed by atoms with E-state index in [-0.39, 0.29) is 11.7 Å². The molecule has 0 aliphatic carbocycles. The van der Waals surface area contributed by atoms with Gasteiger partial charge in [-0.3, -0.25) is 9.79 Å². The van der Waals surface area contributed by atoms with Gasteiger partial charge >= 0.3 is 0 Å². The first-order valence-electron chi connectivity index (χ1n) is 12.7. The molecular weight excluding hydrogens is 466 g/mol. The van der Waals surface area contributed by atoms with Crippen molar-refractivity contribution in [1.82, 2.24) is 10.2 Å². The molecule has 192 valence electrons. The Morgan fingerprint density at radius 3 is 2.43 bits per heavy atom. The number of piperidine rings is 1. The Kier molecular flexibility index (Phi) is 7.28. The Labute approximate surface area is 217 Å². The van der Waals surface area contributed by atoms with E-state index in [2.05, 4.69) is 32.6 Å². The van der Waals surface area contributed by atoms with Gasteiger partial charge in [0.2, 0.25) is 5.91 Å². The number of ether oxygens (including phenoxy) is 1. The first-order chi connectivity index (χ1) is 18.1. The number of anilines is 2. The first-order valence-corrected chi connectivity index (χ1v) is 12.7. The number of benzene rings is 3. The number of nitrogens with one attached hydrogen (secondary N) is 2. The van der Waals surface area contributed by atoms with E-state index < -0.39 is 5.54 Å². The summed E-state index contributed by atoms with van der Waals surface area (Å²) in [5.74, 6) is 0.894. The zero-order valence-electron chi connectivity index (χ0n) is 21.1. The van der Waals surface area contributed by atoms with Gasteiger partial charge in [0, 0.05) is 25.9 Å². The summed E-state index contributed by atoms with van der Waals surface area (Å²) in [6, 6.07) is 25.7. The molecule has 0 bridgehead atoms. The minimum absolute atomic E-state index is 0.0787. The van der Waals surface area contributed by atoms with Crippen LogP contribution in [0.15, 0.2) is 83.9 Å². The fraction of sp³-hybridized carbons (Fsp3) is 0.310. The van der Waals surface area contributed by atoms with Crippen molar-refractivity contribution in [3.8, 4) is 16.9 Å².